The van der Waals surface area contributed by atoms with Crippen LogP contribution in [0.15, 0.2) is 85.3 Å². The number of benzene rings is 3. The number of hydrogen-bond acceptors (Lipinski definition) is 3. The van der Waals surface area contributed by atoms with E-state index in [0.29, 0.717) is 5.82 Å². The second kappa shape index (κ2) is 7.47. The summed E-state index contributed by atoms with van der Waals surface area (Å²) in [5, 5.41) is 4.42. The molecule has 0 atom stereocenters. The van der Waals surface area contributed by atoms with E-state index in [0.717, 1.165) is 49.4 Å². The molecule has 3 aromatic carbocycles. The van der Waals surface area contributed by atoms with Crippen molar-refractivity contribution in [1.29, 1.82) is 0 Å². The molecule has 0 aliphatic heterocycles. The monoisotopic (exact) mass is 565 g/mol. The SMILES string of the molecule is [Pt+2].[c-]1c(-c2ccc3ccc4ccc5cccnc5c4c3n2)cccc1-c1ncc[n-]1. The minimum Gasteiger partial charge on any atom is -0.480 e. The van der Waals surface area contributed by atoms with Gasteiger partial charge in [-0.3, -0.25) is 9.97 Å². The van der Waals surface area contributed by atoms with E-state index >= 15 is 0 Å². The molecule has 4 nitrogen and oxygen atoms in total. The summed E-state index contributed by atoms with van der Waals surface area (Å²) < 4.78 is 0. The van der Waals surface area contributed by atoms with Gasteiger partial charge in [0.05, 0.1) is 11.0 Å². The van der Waals surface area contributed by atoms with Gasteiger partial charge in [0.1, 0.15) is 0 Å². The van der Waals surface area contributed by atoms with Gasteiger partial charge in [-0.2, -0.15) is 0 Å². The Bertz CT molecular complexity index is 1500. The Labute approximate surface area is 187 Å². The number of fused-ring (bicyclic) bond motifs is 5. The average Bonchev–Trinajstić information content (AvgIpc) is 3.33. The first kappa shape index (κ1) is 18.7. The van der Waals surface area contributed by atoms with Gasteiger partial charge in [-0.05, 0) is 16.8 Å². The number of pyridine rings is 2. The van der Waals surface area contributed by atoms with Crippen molar-refractivity contribution in [3.05, 3.63) is 91.4 Å². The molecule has 144 valence electrons. The number of hydrogen-bond donors (Lipinski definition) is 0. The van der Waals surface area contributed by atoms with Gasteiger partial charge in [-0.15, -0.1) is 35.7 Å². The molecular weight excluding hydrogens is 551 g/mol. The summed E-state index contributed by atoms with van der Waals surface area (Å²) in [6.07, 6.45) is 5.21. The van der Waals surface area contributed by atoms with Crippen LogP contribution in [0.4, 0.5) is 0 Å². The summed E-state index contributed by atoms with van der Waals surface area (Å²) in [4.78, 5) is 18.2. The van der Waals surface area contributed by atoms with Crippen LogP contribution in [0, 0.1) is 6.07 Å². The van der Waals surface area contributed by atoms with Crippen LogP contribution in [0.25, 0.3) is 55.2 Å². The maximum Gasteiger partial charge on any atom is 2.00 e. The Morgan fingerprint density at radius 1 is 0.667 bits per heavy atom. The van der Waals surface area contributed by atoms with Crippen LogP contribution in [0.5, 0.6) is 0 Å². The van der Waals surface area contributed by atoms with Crippen LogP contribution in [-0.2, 0) is 21.1 Å². The molecule has 0 bridgehead atoms. The van der Waals surface area contributed by atoms with Crippen molar-refractivity contribution in [3.8, 4) is 22.6 Å². The summed E-state index contributed by atoms with van der Waals surface area (Å²) in [7, 11) is 0. The van der Waals surface area contributed by atoms with Gasteiger partial charge in [-0.1, -0.05) is 60.4 Å². The smallest absolute Gasteiger partial charge is 0.480 e. The van der Waals surface area contributed by atoms with Gasteiger partial charge < -0.3 is 9.97 Å². The molecule has 0 fully saturated rings. The molecule has 3 aromatic heterocycles. The summed E-state index contributed by atoms with van der Waals surface area (Å²) in [6, 6.07) is 26.1. The first-order valence-electron chi connectivity index (χ1n) is 9.41. The van der Waals surface area contributed by atoms with Crippen LogP contribution in [0.2, 0.25) is 0 Å². The predicted molar refractivity (Wildman–Crippen MR) is 115 cm³/mol. The Morgan fingerprint density at radius 2 is 1.43 bits per heavy atom. The molecule has 0 aliphatic rings. The van der Waals surface area contributed by atoms with Crippen LogP contribution >= 0.6 is 0 Å². The molecule has 0 N–H and O–H groups in total. The topological polar surface area (TPSA) is 52.8 Å². The van der Waals surface area contributed by atoms with Gasteiger partial charge in [0.2, 0.25) is 0 Å². The number of aromatic nitrogens is 4. The summed E-state index contributed by atoms with van der Waals surface area (Å²) in [5.74, 6) is 0.674. The number of nitrogens with zero attached hydrogens (tertiary/aromatic N) is 4. The molecule has 0 radical (unpaired) electrons. The fraction of sp³-hybridized carbons (Fsp3) is 0. The van der Waals surface area contributed by atoms with E-state index in [1.807, 2.05) is 36.5 Å². The fourth-order valence-electron chi connectivity index (χ4n) is 3.81. The van der Waals surface area contributed by atoms with Gasteiger partial charge in [0, 0.05) is 22.7 Å². The first-order chi connectivity index (χ1) is 14.4. The molecule has 0 saturated carbocycles. The van der Waals surface area contributed by atoms with Gasteiger partial charge in [-0.25, -0.2) is 0 Å². The molecule has 5 heteroatoms. The third kappa shape index (κ3) is 3.01. The Balaban J connectivity index is 0.00000193. The van der Waals surface area contributed by atoms with E-state index in [-0.39, 0.29) is 21.1 Å². The third-order valence-corrected chi connectivity index (χ3v) is 5.18. The minimum absolute atomic E-state index is 0. The standard InChI is InChI=1S/C25H14N4.Pt/c1-3-19(15-20(4-1)25-27-13-14-28-25)21-11-10-18-9-7-16-6-8-17-5-2-12-26-23(17)22(16)24(18)29-21;/h1-14H;/q-2;+2. The first-order valence-corrected chi connectivity index (χ1v) is 9.41. The van der Waals surface area contributed by atoms with Crippen molar-refractivity contribution in [2.24, 2.45) is 0 Å². The summed E-state index contributed by atoms with van der Waals surface area (Å²) >= 11 is 0. The van der Waals surface area contributed by atoms with Crippen LogP contribution < -0.4 is 4.98 Å². The molecule has 3 heterocycles. The van der Waals surface area contributed by atoms with E-state index in [1.54, 1.807) is 12.4 Å². The zero-order valence-electron chi connectivity index (χ0n) is 15.7. The van der Waals surface area contributed by atoms with Crippen LogP contribution in [-0.4, -0.2) is 15.0 Å². The van der Waals surface area contributed by atoms with Crippen LogP contribution in [0.1, 0.15) is 0 Å². The molecule has 0 aliphatic carbocycles. The summed E-state index contributed by atoms with van der Waals surface area (Å²) in [5.41, 5.74) is 4.57. The fourth-order valence-corrected chi connectivity index (χ4v) is 3.81. The van der Waals surface area contributed by atoms with Crippen molar-refractivity contribution in [1.82, 2.24) is 19.9 Å². The van der Waals surface area contributed by atoms with Crippen molar-refractivity contribution < 1.29 is 21.1 Å². The van der Waals surface area contributed by atoms with E-state index in [4.69, 9.17) is 4.98 Å². The minimum atomic E-state index is 0. The van der Waals surface area contributed by atoms with Crippen LogP contribution in [0.3, 0.4) is 0 Å². The maximum atomic E-state index is 5.03. The molecule has 6 aromatic rings. The Morgan fingerprint density at radius 3 is 2.27 bits per heavy atom. The molecule has 0 saturated heterocycles. The maximum absolute atomic E-state index is 5.03. The number of imidazole rings is 1. The zero-order chi connectivity index (χ0) is 19.2. The second-order valence-corrected chi connectivity index (χ2v) is 6.93. The Hall–Kier alpha value is -3.36. The molecule has 30 heavy (non-hydrogen) atoms. The van der Waals surface area contributed by atoms with Gasteiger partial charge >= 0.3 is 21.1 Å². The van der Waals surface area contributed by atoms with E-state index in [1.165, 1.54) is 0 Å². The third-order valence-electron chi connectivity index (χ3n) is 5.18. The van der Waals surface area contributed by atoms with E-state index in [2.05, 4.69) is 57.4 Å². The molecule has 0 amide bonds. The van der Waals surface area contributed by atoms with Crippen molar-refractivity contribution in [3.63, 3.8) is 0 Å². The summed E-state index contributed by atoms with van der Waals surface area (Å²) in [6.45, 7) is 0. The quantitative estimate of drug-likeness (QED) is 0.208. The van der Waals surface area contributed by atoms with Crippen molar-refractivity contribution in [2.45, 2.75) is 0 Å². The molecule has 0 unspecified atom stereocenters. The molecule has 6 rings (SSSR count). The van der Waals surface area contributed by atoms with E-state index < -0.39 is 0 Å². The molecular formula is C25H14N4Pt. The van der Waals surface area contributed by atoms with E-state index in [9.17, 15) is 0 Å². The largest absolute Gasteiger partial charge is 2.00 e. The van der Waals surface area contributed by atoms with Gasteiger partial charge in [0.25, 0.3) is 0 Å². The molecule has 0 spiro atoms. The zero-order valence-corrected chi connectivity index (χ0v) is 18.0. The normalized spacial score (nSPS) is 11.1. The predicted octanol–water partition coefficient (Wildman–Crippen LogP) is 5.42. The number of rotatable bonds is 2. The second-order valence-electron chi connectivity index (χ2n) is 6.93. The average molecular weight is 565 g/mol. The van der Waals surface area contributed by atoms with Crippen molar-refractivity contribution >= 4 is 32.6 Å². The van der Waals surface area contributed by atoms with Crippen molar-refractivity contribution in [2.75, 3.05) is 0 Å². The van der Waals surface area contributed by atoms with Gasteiger partial charge in [0.15, 0.2) is 0 Å². The Kier molecular flexibility index (Phi) is 4.65.